The number of aliphatic imine (C=N–C) groups is 1. The predicted octanol–water partition coefficient (Wildman–Crippen LogP) is 2.45. The molecule has 3 rings (SSSR count). The van der Waals surface area contributed by atoms with E-state index >= 15 is 0 Å². The van der Waals surface area contributed by atoms with Crippen molar-refractivity contribution in [3.8, 4) is 0 Å². The second-order valence-electron chi connectivity index (χ2n) is 4.03. The SMILES string of the molecule is [2H]c1c([2H])c([2H])c(C2=NC(O)C(=O)Nc3ccc(Cl)cc32)c([2H])c1[2H]. The smallest absolute Gasteiger partial charge is 0.276 e. The largest absolute Gasteiger partial charge is 0.364 e. The average molecular weight is 292 g/mol. The van der Waals surface area contributed by atoms with Gasteiger partial charge in [-0.1, -0.05) is 41.8 Å². The molecular formula is C15H11ClN2O2. The van der Waals surface area contributed by atoms with Gasteiger partial charge in [-0.2, -0.15) is 0 Å². The van der Waals surface area contributed by atoms with Crippen LogP contribution in [0.25, 0.3) is 0 Å². The summed E-state index contributed by atoms with van der Waals surface area (Å²) >= 11 is 5.99. The normalized spacial score (nSPS) is 21.3. The maximum Gasteiger partial charge on any atom is 0.276 e. The van der Waals surface area contributed by atoms with Crippen molar-refractivity contribution in [1.29, 1.82) is 0 Å². The Morgan fingerprint density at radius 3 is 2.80 bits per heavy atom. The first-order valence-corrected chi connectivity index (χ1v) is 6.04. The summed E-state index contributed by atoms with van der Waals surface area (Å²) in [6.07, 6.45) is -1.79. The highest BCUT2D eigenvalue weighted by molar-refractivity contribution is 6.32. The fourth-order valence-corrected chi connectivity index (χ4v) is 2.01. The lowest BCUT2D eigenvalue weighted by atomic mass is 10.0. The lowest BCUT2D eigenvalue weighted by molar-refractivity contribution is -0.123. The number of aliphatic hydroxyl groups is 1. The summed E-state index contributed by atoms with van der Waals surface area (Å²) in [4.78, 5) is 15.8. The fourth-order valence-electron chi connectivity index (χ4n) is 1.84. The minimum atomic E-state index is -1.79. The number of hydrogen-bond donors (Lipinski definition) is 2. The highest BCUT2D eigenvalue weighted by Gasteiger charge is 2.23. The molecule has 20 heavy (non-hydrogen) atoms. The first-order chi connectivity index (χ1) is 11.7. The number of amides is 1. The Morgan fingerprint density at radius 2 is 2.05 bits per heavy atom. The molecule has 1 aliphatic rings. The van der Waals surface area contributed by atoms with Crippen molar-refractivity contribution >= 4 is 28.9 Å². The van der Waals surface area contributed by atoms with Crippen LogP contribution in [-0.2, 0) is 4.79 Å². The van der Waals surface area contributed by atoms with E-state index in [1.807, 2.05) is 0 Å². The van der Waals surface area contributed by atoms with Gasteiger partial charge >= 0.3 is 0 Å². The molecule has 1 atom stereocenters. The van der Waals surface area contributed by atoms with E-state index < -0.39 is 42.3 Å². The monoisotopic (exact) mass is 291 g/mol. The zero-order chi connectivity index (χ0) is 18.5. The Bertz CT molecular complexity index is 919. The zero-order valence-corrected chi connectivity index (χ0v) is 10.7. The molecule has 5 heteroatoms. The lowest BCUT2D eigenvalue weighted by Gasteiger charge is -2.10. The molecule has 0 radical (unpaired) electrons. The second kappa shape index (κ2) is 5.07. The number of nitrogens with one attached hydrogen (secondary N) is 1. The van der Waals surface area contributed by atoms with Crippen LogP contribution in [0.1, 0.15) is 18.0 Å². The number of carbonyl (C=O) groups is 1. The number of benzene rings is 2. The Kier molecular flexibility index (Phi) is 2.08. The van der Waals surface area contributed by atoms with Crippen LogP contribution in [0.5, 0.6) is 0 Å². The molecule has 0 saturated heterocycles. The molecule has 0 saturated carbocycles. The van der Waals surface area contributed by atoms with Gasteiger partial charge in [0.05, 0.1) is 18.3 Å². The molecule has 1 aliphatic heterocycles. The zero-order valence-electron chi connectivity index (χ0n) is 15.0. The van der Waals surface area contributed by atoms with Gasteiger partial charge in [-0.25, -0.2) is 4.99 Å². The van der Waals surface area contributed by atoms with Crippen molar-refractivity contribution < 1.29 is 16.8 Å². The van der Waals surface area contributed by atoms with E-state index in [-0.39, 0.29) is 22.5 Å². The van der Waals surface area contributed by atoms with E-state index in [2.05, 4.69) is 10.3 Å². The number of rotatable bonds is 1. The van der Waals surface area contributed by atoms with Crippen molar-refractivity contribution in [2.75, 3.05) is 5.32 Å². The van der Waals surface area contributed by atoms with Crippen LogP contribution in [-0.4, -0.2) is 23.0 Å². The van der Waals surface area contributed by atoms with Crippen molar-refractivity contribution in [2.24, 2.45) is 4.99 Å². The van der Waals surface area contributed by atoms with Gasteiger partial charge in [0.25, 0.3) is 5.91 Å². The van der Waals surface area contributed by atoms with E-state index in [9.17, 15) is 9.90 Å². The van der Waals surface area contributed by atoms with Crippen molar-refractivity contribution in [2.45, 2.75) is 6.23 Å². The van der Waals surface area contributed by atoms with Crippen LogP contribution in [0.2, 0.25) is 5.02 Å². The molecule has 100 valence electrons. The van der Waals surface area contributed by atoms with Crippen LogP contribution >= 0.6 is 11.6 Å². The maximum atomic E-state index is 11.9. The summed E-state index contributed by atoms with van der Waals surface area (Å²) < 4.78 is 39.4. The number of hydrogen-bond acceptors (Lipinski definition) is 3. The molecule has 2 aromatic carbocycles. The number of benzodiazepines with no additional fused rings is 1. The number of aliphatic hydroxyl groups excluding tert-OH is 1. The third kappa shape index (κ3) is 2.31. The molecule has 0 bridgehead atoms. The molecular weight excluding hydrogens is 276 g/mol. The first kappa shape index (κ1) is 8.19. The van der Waals surface area contributed by atoms with E-state index in [1.54, 1.807) is 0 Å². The van der Waals surface area contributed by atoms with E-state index in [4.69, 9.17) is 18.5 Å². The van der Waals surface area contributed by atoms with E-state index in [1.165, 1.54) is 18.2 Å². The Labute approximate surface area is 127 Å². The fraction of sp³-hybridized carbons (Fsp3) is 0.0667. The molecule has 1 heterocycles. The standard InChI is InChI=1S/C15H11ClN2O2/c16-10-6-7-12-11(8-10)13(9-4-2-1-3-5-9)18-15(20)14(19)17-12/h1-8,15,20H,(H,17,19)/i1D,2D,3D,4D,5D. The van der Waals surface area contributed by atoms with Crippen LogP contribution < -0.4 is 5.32 Å². The van der Waals surface area contributed by atoms with Gasteiger partial charge in [0.1, 0.15) is 0 Å². The highest BCUT2D eigenvalue weighted by Crippen LogP contribution is 2.26. The van der Waals surface area contributed by atoms with Gasteiger partial charge < -0.3 is 10.4 Å². The highest BCUT2D eigenvalue weighted by atomic mass is 35.5. The van der Waals surface area contributed by atoms with Crippen molar-refractivity contribution in [3.05, 3.63) is 64.6 Å². The number of halogens is 1. The van der Waals surface area contributed by atoms with Crippen LogP contribution in [0.3, 0.4) is 0 Å². The van der Waals surface area contributed by atoms with Gasteiger partial charge in [0.15, 0.2) is 0 Å². The van der Waals surface area contributed by atoms with Gasteiger partial charge in [0.2, 0.25) is 6.23 Å². The van der Waals surface area contributed by atoms with Crippen LogP contribution in [0, 0.1) is 0 Å². The molecule has 4 nitrogen and oxygen atoms in total. The summed E-state index contributed by atoms with van der Waals surface area (Å²) in [5.41, 5.74) is 0.179. The lowest BCUT2D eigenvalue weighted by Crippen LogP contribution is -2.24. The summed E-state index contributed by atoms with van der Waals surface area (Å²) in [6, 6.07) is 1.83. The van der Waals surface area contributed by atoms with Crippen molar-refractivity contribution in [1.82, 2.24) is 0 Å². The van der Waals surface area contributed by atoms with Gasteiger partial charge in [-0.15, -0.1) is 0 Å². The summed E-state index contributed by atoms with van der Waals surface area (Å²) in [5, 5.41) is 12.7. The minimum Gasteiger partial charge on any atom is -0.364 e. The molecule has 1 amide bonds. The molecule has 0 aliphatic carbocycles. The maximum absolute atomic E-state index is 11.9. The summed E-state index contributed by atoms with van der Waals surface area (Å²) in [6.45, 7) is 0. The van der Waals surface area contributed by atoms with Crippen molar-refractivity contribution in [3.63, 3.8) is 0 Å². The number of nitrogens with zero attached hydrogens (tertiary/aromatic N) is 1. The minimum absolute atomic E-state index is 0.111. The topological polar surface area (TPSA) is 61.7 Å². The molecule has 2 N–H and O–H groups in total. The molecule has 0 aromatic heterocycles. The first-order valence-electron chi connectivity index (χ1n) is 8.16. The average Bonchev–Trinajstić information content (AvgIpc) is 2.69. The molecule has 0 spiro atoms. The third-order valence-electron chi connectivity index (χ3n) is 2.72. The number of fused-ring (bicyclic) bond motifs is 1. The van der Waals surface area contributed by atoms with Gasteiger partial charge in [-0.05, 0) is 18.2 Å². The van der Waals surface area contributed by atoms with Gasteiger partial charge in [0, 0.05) is 16.1 Å². The quantitative estimate of drug-likeness (QED) is 0.848. The summed E-state index contributed by atoms with van der Waals surface area (Å²) in [7, 11) is 0. The predicted molar refractivity (Wildman–Crippen MR) is 78.2 cm³/mol. The van der Waals surface area contributed by atoms with E-state index in [0.29, 0.717) is 5.02 Å². The molecule has 0 fully saturated rings. The van der Waals surface area contributed by atoms with Gasteiger partial charge in [-0.3, -0.25) is 4.79 Å². The Morgan fingerprint density at radius 1 is 1.30 bits per heavy atom. The third-order valence-corrected chi connectivity index (χ3v) is 2.95. The van der Waals surface area contributed by atoms with E-state index in [0.717, 1.165) is 0 Å². The van der Waals surface area contributed by atoms with Crippen LogP contribution in [0.4, 0.5) is 5.69 Å². The number of carbonyl (C=O) groups excluding carboxylic acids is 1. The Balaban J connectivity index is 2.39. The molecule has 1 unspecified atom stereocenters. The number of anilines is 1. The molecule has 2 aromatic rings. The Hall–Kier alpha value is -2.17. The van der Waals surface area contributed by atoms with Crippen LogP contribution in [0.15, 0.2) is 53.4 Å². The summed E-state index contributed by atoms with van der Waals surface area (Å²) in [5.74, 6) is -0.800. The second-order valence-corrected chi connectivity index (χ2v) is 4.47.